The first-order valence-corrected chi connectivity index (χ1v) is 18.2. The average molecular weight is 617 g/mol. The minimum atomic E-state index is -0.0317. The van der Waals surface area contributed by atoms with Gasteiger partial charge in [-0.15, -0.1) is 0 Å². The molecule has 0 spiro atoms. The number of hydrogen-bond acceptors (Lipinski definition) is 3. The fourth-order valence-electron chi connectivity index (χ4n) is 5.21. The number of nitrogens with zero attached hydrogens (tertiary/aromatic N) is 1. The quantitative estimate of drug-likeness (QED) is 0.0458. The number of hydrogen-bond donors (Lipinski definition) is 0. The molecule has 4 nitrogen and oxygen atoms in total. The third kappa shape index (κ3) is 26.1. The van der Waals surface area contributed by atoms with Crippen molar-refractivity contribution in [3.05, 3.63) is 0 Å². The van der Waals surface area contributed by atoms with E-state index in [0.717, 1.165) is 63.4 Å². The topological polar surface area (TPSA) is 46.6 Å². The molecule has 0 N–H and O–H groups in total. The highest BCUT2D eigenvalue weighted by Gasteiger charge is 2.14. The van der Waals surface area contributed by atoms with Gasteiger partial charge in [0.1, 0.15) is 0 Å². The van der Waals surface area contributed by atoms with Gasteiger partial charge >= 0.3 is 5.97 Å². The third-order valence-electron chi connectivity index (χ3n) is 7.88. The molecule has 1 unspecified atom stereocenters. The van der Waals surface area contributed by atoms with Crippen molar-refractivity contribution in [3.63, 3.8) is 0 Å². The first-order valence-electron chi connectivity index (χ1n) is 17.1. The van der Waals surface area contributed by atoms with E-state index in [1.54, 1.807) is 0 Å². The molecular formula is C34H66BrNO3. The Bertz CT molecular complexity index is 543. The lowest BCUT2D eigenvalue weighted by Gasteiger charge is -2.23. The number of alkyl halides is 1. The second-order valence-corrected chi connectivity index (χ2v) is 12.5. The zero-order valence-corrected chi connectivity index (χ0v) is 28.0. The van der Waals surface area contributed by atoms with Gasteiger partial charge in [0.25, 0.3) is 0 Å². The summed E-state index contributed by atoms with van der Waals surface area (Å²) < 4.78 is 5.76. The van der Waals surface area contributed by atoms with Gasteiger partial charge in [-0.3, -0.25) is 9.59 Å². The maximum atomic E-state index is 12.8. The van der Waals surface area contributed by atoms with Crippen LogP contribution in [0, 0.1) is 5.92 Å². The minimum absolute atomic E-state index is 0.0317. The Morgan fingerprint density at radius 2 is 1.05 bits per heavy atom. The Kier molecular flexibility index (Phi) is 29.9. The molecule has 232 valence electrons. The van der Waals surface area contributed by atoms with Gasteiger partial charge in [-0.05, 0) is 50.9 Å². The average Bonchev–Trinajstić information content (AvgIpc) is 2.94. The SMILES string of the molecule is CCCCCCCCC(CCCCCC)COC(=O)CCCCCN(CCCCCC)C(=O)CCCCCBr. The Labute approximate surface area is 252 Å². The molecule has 0 fully saturated rings. The molecule has 0 bridgehead atoms. The molecule has 0 aromatic carbocycles. The van der Waals surface area contributed by atoms with Crippen LogP contribution in [0.2, 0.25) is 0 Å². The van der Waals surface area contributed by atoms with Gasteiger partial charge in [0, 0.05) is 31.3 Å². The Balaban J connectivity index is 4.30. The van der Waals surface area contributed by atoms with Crippen LogP contribution in [0.1, 0.15) is 175 Å². The molecule has 0 aliphatic heterocycles. The highest BCUT2D eigenvalue weighted by Crippen LogP contribution is 2.20. The second kappa shape index (κ2) is 30.4. The number of ether oxygens (including phenoxy) is 1. The molecule has 39 heavy (non-hydrogen) atoms. The van der Waals surface area contributed by atoms with Crippen LogP contribution in [0.4, 0.5) is 0 Å². The summed E-state index contributed by atoms with van der Waals surface area (Å²) in [5.74, 6) is 0.811. The van der Waals surface area contributed by atoms with Gasteiger partial charge in [-0.1, -0.05) is 133 Å². The van der Waals surface area contributed by atoms with Crippen LogP contribution in [0.3, 0.4) is 0 Å². The van der Waals surface area contributed by atoms with Gasteiger partial charge in [0.15, 0.2) is 0 Å². The van der Waals surface area contributed by atoms with E-state index >= 15 is 0 Å². The van der Waals surface area contributed by atoms with Crippen molar-refractivity contribution in [1.29, 1.82) is 0 Å². The number of unbranched alkanes of at least 4 members (excludes halogenated alkanes) is 15. The summed E-state index contributed by atoms with van der Waals surface area (Å²) in [5.41, 5.74) is 0. The van der Waals surface area contributed by atoms with E-state index in [2.05, 4.69) is 41.6 Å². The van der Waals surface area contributed by atoms with Crippen LogP contribution in [0.5, 0.6) is 0 Å². The van der Waals surface area contributed by atoms with E-state index in [1.165, 1.54) is 96.3 Å². The summed E-state index contributed by atoms with van der Waals surface area (Å²) in [6.45, 7) is 9.07. The predicted molar refractivity (Wildman–Crippen MR) is 173 cm³/mol. The first-order chi connectivity index (χ1) is 19.1. The van der Waals surface area contributed by atoms with Crippen molar-refractivity contribution in [1.82, 2.24) is 4.90 Å². The second-order valence-electron chi connectivity index (χ2n) is 11.7. The standard InChI is InChI=1S/C34H66BrNO3/c1-4-7-10-13-14-18-25-32(24-17-11-8-5-2)31-39-34(38)27-20-16-23-30-36(29-22-12-9-6-3)33(37)26-19-15-21-28-35/h32H,4-31H2,1-3H3. The molecule has 0 saturated heterocycles. The van der Waals surface area contributed by atoms with Gasteiger partial charge < -0.3 is 9.64 Å². The van der Waals surface area contributed by atoms with Crippen LogP contribution in [-0.4, -0.2) is 41.8 Å². The molecule has 0 aliphatic rings. The van der Waals surface area contributed by atoms with Crippen LogP contribution >= 0.6 is 15.9 Å². The molecule has 0 aromatic heterocycles. The summed E-state index contributed by atoms with van der Waals surface area (Å²) >= 11 is 3.48. The summed E-state index contributed by atoms with van der Waals surface area (Å²) in [6.07, 6.45) is 27.5. The lowest BCUT2D eigenvalue weighted by atomic mass is 9.95. The Morgan fingerprint density at radius 3 is 1.64 bits per heavy atom. The van der Waals surface area contributed by atoms with E-state index in [1.807, 2.05) is 0 Å². The smallest absolute Gasteiger partial charge is 0.305 e. The van der Waals surface area contributed by atoms with Crippen LogP contribution < -0.4 is 0 Å². The van der Waals surface area contributed by atoms with Gasteiger partial charge in [-0.2, -0.15) is 0 Å². The molecule has 0 rings (SSSR count). The highest BCUT2D eigenvalue weighted by molar-refractivity contribution is 9.09. The molecule has 1 atom stereocenters. The molecule has 0 aliphatic carbocycles. The highest BCUT2D eigenvalue weighted by atomic mass is 79.9. The number of halogens is 1. The Hall–Kier alpha value is -0.580. The number of rotatable bonds is 30. The summed E-state index contributed by atoms with van der Waals surface area (Å²) in [4.78, 5) is 27.3. The van der Waals surface area contributed by atoms with Crippen LogP contribution in [0.15, 0.2) is 0 Å². The van der Waals surface area contributed by atoms with Crippen LogP contribution in [-0.2, 0) is 14.3 Å². The zero-order chi connectivity index (χ0) is 28.8. The summed E-state index contributed by atoms with van der Waals surface area (Å²) in [7, 11) is 0. The van der Waals surface area contributed by atoms with Crippen LogP contribution in [0.25, 0.3) is 0 Å². The lowest BCUT2D eigenvalue weighted by molar-refractivity contribution is -0.145. The number of carbonyl (C=O) groups is 2. The van der Waals surface area contributed by atoms with E-state index in [-0.39, 0.29) is 5.97 Å². The minimum Gasteiger partial charge on any atom is -0.465 e. The third-order valence-corrected chi connectivity index (χ3v) is 8.44. The molecule has 0 radical (unpaired) electrons. The lowest BCUT2D eigenvalue weighted by Crippen LogP contribution is -2.32. The molecule has 0 aromatic rings. The molecule has 0 heterocycles. The molecule has 5 heteroatoms. The Morgan fingerprint density at radius 1 is 0.590 bits per heavy atom. The maximum Gasteiger partial charge on any atom is 0.305 e. The number of esters is 1. The van der Waals surface area contributed by atoms with E-state index in [9.17, 15) is 9.59 Å². The van der Waals surface area contributed by atoms with Crippen molar-refractivity contribution in [2.45, 2.75) is 175 Å². The predicted octanol–water partition coefficient (Wildman–Crippen LogP) is 10.8. The fourth-order valence-corrected chi connectivity index (χ4v) is 5.61. The van der Waals surface area contributed by atoms with E-state index < -0.39 is 0 Å². The summed E-state index contributed by atoms with van der Waals surface area (Å²) in [6, 6.07) is 0. The largest absolute Gasteiger partial charge is 0.465 e. The first kappa shape index (κ1) is 38.4. The van der Waals surface area contributed by atoms with Gasteiger partial charge in [0.2, 0.25) is 5.91 Å². The molecular weight excluding hydrogens is 550 g/mol. The molecule has 0 saturated carbocycles. The van der Waals surface area contributed by atoms with Crippen molar-refractivity contribution in [3.8, 4) is 0 Å². The molecule has 1 amide bonds. The van der Waals surface area contributed by atoms with Gasteiger partial charge in [0.05, 0.1) is 6.61 Å². The fraction of sp³-hybridized carbons (Fsp3) is 0.941. The van der Waals surface area contributed by atoms with E-state index in [4.69, 9.17) is 4.74 Å². The monoisotopic (exact) mass is 615 g/mol. The normalized spacial score (nSPS) is 12.0. The van der Waals surface area contributed by atoms with Gasteiger partial charge in [-0.25, -0.2) is 0 Å². The van der Waals surface area contributed by atoms with Crippen molar-refractivity contribution < 1.29 is 14.3 Å². The number of amides is 1. The number of carbonyl (C=O) groups excluding carboxylic acids is 2. The van der Waals surface area contributed by atoms with Crippen molar-refractivity contribution in [2.24, 2.45) is 5.92 Å². The van der Waals surface area contributed by atoms with E-state index in [0.29, 0.717) is 31.3 Å². The van der Waals surface area contributed by atoms with Crippen molar-refractivity contribution >= 4 is 27.8 Å². The zero-order valence-electron chi connectivity index (χ0n) is 26.4. The van der Waals surface area contributed by atoms with Crippen molar-refractivity contribution in [2.75, 3.05) is 25.0 Å². The summed E-state index contributed by atoms with van der Waals surface area (Å²) in [5, 5.41) is 1.02. The maximum absolute atomic E-state index is 12.8.